The van der Waals surface area contributed by atoms with E-state index in [-0.39, 0.29) is 35.8 Å². The van der Waals surface area contributed by atoms with Gasteiger partial charge in [0.25, 0.3) is 11.6 Å². The highest BCUT2D eigenvalue weighted by Gasteiger charge is 2.36. The maximum absolute atomic E-state index is 13.9. The zero-order chi connectivity index (χ0) is 28.1. The molecule has 2 heterocycles. The van der Waals surface area contributed by atoms with Gasteiger partial charge < -0.3 is 9.64 Å². The first-order chi connectivity index (χ1) is 19.4. The lowest BCUT2D eigenvalue weighted by molar-refractivity contribution is -0.385. The molecule has 0 spiro atoms. The standard InChI is InChI=1S/C29H34FN5O5/c30-24-10-8-21(9-11-24)26-19-27(23-6-3-7-25(18-23)35(38)39)34(31-26)28(36)20-33(29(37)22-4-1-2-5-22)13-12-32-14-16-40-17-15-32/h3,6-11,18,22,27H,1-2,4-5,12-17,19-20H2. The highest BCUT2D eigenvalue weighted by atomic mass is 19.1. The fourth-order valence-corrected chi connectivity index (χ4v) is 5.68. The minimum absolute atomic E-state index is 0.00653. The van der Waals surface area contributed by atoms with E-state index in [0.717, 1.165) is 38.8 Å². The molecule has 0 N–H and O–H groups in total. The molecule has 212 valence electrons. The zero-order valence-electron chi connectivity index (χ0n) is 22.4. The van der Waals surface area contributed by atoms with Crippen LogP contribution in [0.3, 0.4) is 0 Å². The molecule has 1 aliphatic carbocycles. The Morgan fingerprint density at radius 3 is 2.52 bits per heavy atom. The van der Waals surface area contributed by atoms with E-state index in [1.807, 2.05) is 0 Å². The summed E-state index contributed by atoms with van der Waals surface area (Å²) in [5.74, 6) is -0.830. The van der Waals surface area contributed by atoms with Crippen molar-refractivity contribution in [3.63, 3.8) is 0 Å². The minimum atomic E-state index is -0.588. The Balaban J connectivity index is 1.40. The third kappa shape index (κ3) is 6.53. The van der Waals surface area contributed by atoms with Gasteiger partial charge in [0.1, 0.15) is 12.4 Å². The van der Waals surface area contributed by atoms with Crippen molar-refractivity contribution in [1.29, 1.82) is 0 Å². The molecule has 1 saturated carbocycles. The van der Waals surface area contributed by atoms with Crippen molar-refractivity contribution in [2.75, 3.05) is 45.9 Å². The van der Waals surface area contributed by atoms with E-state index in [1.54, 1.807) is 29.2 Å². The average molecular weight is 552 g/mol. The molecular weight excluding hydrogens is 517 g/mol. The number of amides is 2. The van der Waals surface area contributed by atoms with Gasteiger partial charge in [-0.3, -0.25) is 24.6 Å². The van der Waals surface area contributed by atoms with Crippen molar-refractivity contribution in [2.24, 2.45) is 11.0 Å². The van der Waals surface area contributed by atoms with Gasteiger partial charge in [-0.1, -0.05) is 37.1 Å². The summed E-state index contributed by atoms with van der Waals surface area (Å²) in [4.78, 5) is 42.3. The fraction of sp³-hybridized carbons (Fsp3) is 0.483. The maximum atomic E-state index is 13.9. The van der Waals surface area contributed by atoms with E-state index in [0.29, 0.717) is 49.6 Å². The van der Waals surface area contributed by atoms with Crippen LogP contribution in [0.15, 0.2) is 53.6 Å². The number of morpholine rings is 1. The molecule has 3 aliphatic rings. The molecule has 0 aromatic heterocycles. The average Bonchev–Trinajstić information content (AvgIpc) is 3.67. The highest BCUT2D eigenvalue weighted by Crippen LogP contribution is 2.35. The zero-order valence-corrected chi connectivity index (χ0v) is 22.4. The third-order valence-electron chi connectivity index (χ3n) is 7.94. The molecule has 0 radical (unpaired) electrons. The van der Waals surface area contributed by atoms with Gasteiger partial charge >= 0.3 is 0 Å². The number of non-ortho nitro benzene ring substituents is 1. The fourth-order valence-electron chi connectivity index (χ4n) is 5.68. The molecule has 11 heteroatoms. The SMILES string of the molecule is O=C(C1CCCC1)N(CCN1CCOCC1)CC(=O)N1N=C(c2ccc(F)cc2)CC1c1cccc([N+](=O)[O-])c1. The summed E-state index contributed by atoms with van der Waals surface area (Å²) < 4.78 is 19.0. The summed E-state index contributed by atoms with van der Waals surface area (Å²) in [6.07, 6.45) is 3.98. The molecule has 1 saturated heterocycles. The summed E-state index contributed by atoms with van der Waals surface area (Å²) in [6.45, 7) is 3.80. The second-order valence-electron chi connectivity index (χ2n) is 10.6. The van der Waals surface area contributed by atoms with Gasteiger partial charge in [-0.05, 0) is 36.1 Å². The number of rotatable bonds is 9. The molecule has 1 atom stereocenters. The number of hydrogen-bond acceptors (Lipinski definition) is 7. The van der Waals surface area contributed by atoms with Crippen LogP contribution < -0.4 is 0 Å². The molecule has 2 amide bonds. The Bertz CT molecular complexity index is 1260. The number of carbonyl (C=O) groups is 2. The lowest BCUT2D eigenvalue weighted by Crippen LogP contribution is -2.47. The van der Waals surface area contributed by atoms with Gasteiger partial charge in [-0.2, -0.15) is 5.10 Å². The number of hydrogen-bond donors (Lipinski definition) is 0. The summed E-state index contributed by atoms with van der Waals surface area (Å²) in [7, 11) is 0. The predicted molar refractivity (Wildman–Crippen MR) is 146 cm³/mol. The topological polar surface area (TPSA) is 109 Å². The maximum Gasteiger partial charge on any atom is 0.269 e. The van der Waals surface area contributed by atoms with Crippen LogP contribution in [0.25, 0.3) is 0 Å². The minimum Gasteiger partial charge on any atom is -0.379 e. The Kier molecular flexibility index (Phi) is 8.81. The second-order valence-corrected chi connectivity index (χ2v) is 10.6. The number of nitro benzene ring substituents is 1. The third-order valence-corrected chi connectivity index (χ3v) is 7.94. The van der Waals surface area contributed by atoms with Gasteiger partial charge in [0.05, 0.1) is 29.9 Å². The van der Waals surface area contributed by atoms with E-state index in [4.69, 9.17) is 4.74 Å². The first kappa shape index (κ1) is 27.9. The first-order valence-corrected chi connectivity index (χ1v) is 13.9. The van der Waals surface area contributed by atoms with E-state index in [9.17, 15) is 24.1 Å². The molecule has 0 bridgehead atoms. The normalized spacial score (nSPS) is 20.0. The summed E-state index contributed by atoms with van der Waals surface area (Å²) in [6, 6.07) is 11.5. The van der Waals surface area contributed by atoms with E-state index in [1.165, 1.54) is 29.3 Å². The number of hydrazone groups is 1. The van der Waals surface area contributed by atoms with Gasteiger partial charge in [0.2, 0.25) is 5.91 Å². The number of ether oxygens (including phenoxy) is 1. The lowest BCUT2D eigenvalue weighted by Gasteiger charge is -2.32. The van der Waals surface area contributed by atoms with Crippen LogP contribution in [-0.4, -0.2) is 83.2 Å². The van der Waals surface area contributed by atoms with Crippen LogP contribution in [0, 0.1) is 21.8 Å². The van der Waals surface area contributed by atoms with Crippen molar-refractivity contribution in [2.45, 2.75) is 38.1 Å². The highest BCUT2D eigenvalue weighted by molar-refractivity contribution is 6.03. The molecule has 40 heavy (non-hydrogen) atoms. The van der Waals surface area contributed by atoms with E-state index < -0.39 is 11.0 Å². The monoisotopic (exact) mass is 551 g/mol. The van der Waals surface area contributed by atoms with Crippen LogP contribution in [0.1, 0.15) is 49.3 Å². The van der Waals surface area contributed by atoms with Crippen molar-refractivity contribution in [3.05, 3.63) is 75.6 Å². The van der Waals surface area contributed by atoms with Crippen LogP contribution in [-0.2, 0) is 14.3 Å². The predicted octanol–water partition coefficient (Wildman–Crippen LogP) is 3.76. The van der Waals surface area contributed by atoms with E-state index >= 15 is 0 Å². The van der Waals surface area contributed by atoms with Crippen LogP contribution in [0.2, 0.25) is 0 Å². The van der Waals surface area contributed by atoms with Crippen molar-refractivity contribution in [1.82, 2.24) is 14.8 Å². The Morgan fingerprint density at radius 1 is 1.10 bits per heavy atom. The molecule has 2 fully saturated rings. The van der Waals surface area contributed by atoms with Crippen molar-refractivity contribution >= 4 is 23.2 Å². The van der Waals surface area contributed by atoms with Gasteiger partial charge in [0.15, 0.2) is 0 Å². The van der Waals surface area contributed by atoms with Crippen LogP contribution in [0.5, 0.6) is 0 Å². The van der Waals surface area contributed by atoms with Gasteiger partial charge in [-0.15, -0.1) is 0 Å². The number of benzene rings is 2. The summed E-state index contributed by atoms with van der Waals surface area (Å²) in [5.41, 5.74) is 1.74. The van der Waals surface area contributed by atoms with Crippen LogP contribution in [0.4, 0.5) is 10.1 Å². The number of nitrogens with zero attached hydrogens (tertiary/aromatic N) is 5. The number of nitro groups is 1. The second kappa shape index (κ2) is 12.6. The lowest BCUT2D eigenvalue weighted by atomic mass is 9.98. The Hall–Kier alpha value is -3.70. The molecular formula is C29H34FN5O5. The molecule has 2 aliphatic heterocycles. The van der Waals surface area contributed by atoms with Crippen LogP contribution >= 0.6 is 0 Å². The van der Waals surface area contributed by atoms with Gasteiger partial charge in [-0.25, -0.2) is 9.40 Å². The molecule has 10 nitrogen and oxygen atoms in total. The quantitative estimate of drug-likeness (QED) is 0.347. The van der Waals surface area contributed by atoms with Crippen molar-refractivity contribution in [3.8, 4) is 0 Å². The Morgan fingerprint density at radius 2 is 1.82 bits per heavy atom. The smallest absolute Gasteiger partial charge is 0.269 e. The molecule has 1 unspecified atom stereocenters. The summed E-state index contributed by atoms with van der Waals surface area (Å²) in [5, 5.41) is 17.4. The van der Waals surface area contributed by atoms with Gasteiger partial charge in [0, 0.05) is 50.7 Å². The number of halogens is 1. The first-order valence-electron chi connectivity index (χ1n) is 13.9. The molecule has 2 aromatic rings. The Labute approximate surface area is 232 Å². The summed E-state index contributed by atoms with van der Waals surface area (Å²) >= 11 is 0. The molecule has 5 rings (SSSR count). The largest absolute Gasteiger partial charge is 0.379 e. The van der Waals surface area contributed by atoms with E-state index in [2.05, 4.69) is 10.0 Å². The number of carbonyl (C=O) groups excluding carboxylic acids is 2. The van der Waals surface area contributed by atoms with Crippen molar-refractivity contribution < 1.29 is 23.6 Å². The molecule has 2 aromatic carbocycles.